The van der Waals surface area contributed by atoms with Crippen molar-refractivity contribution in [2.45, 2.75) is 12.6 Å². The first-order valence-electron chi connectivity index (χ1n) is 5.87. The lowest BCUT2D eigenvalue weighted by molar-refractivity contribution is 0.171. The Balaban J connectivity index is 2.37. The van der Waals surface area contributed by atoms with Crippen molar-refractivity contribution >= 4 is 47.8 Å². The van der Waals surface area contributed by atoms with Crippen LogP contribution in [0.25, 0.3) is 0 Å². The zero-order chi connectivity index (χ0) is 14.7. The van der Waals surface area contributed by atoms with Crippen molar-refractivity contribution in [3.63, 3.8) is 0 Å². The highest BCUT2D eigenvalue weighted by molar-refractivity contribution is 9.11. The molecule has 0 saturated heterocycles. The molecule has 0 aliphatic carbocycles. The van der Waals surface area contributed by atoms with Gasteiger partial charge < -0.3 is 9.84 Å². The third-order valence-corrected chi connectivity index (χ3v) is 4.65. The van der Waals surface area contributed by atoms with E-state index in [-0.39, 0.29) is 0 Å². The van der Waals surface area contributed by atoms with Gasteiger partial charge in [-0.25, -0.2) is 0 Å². The predicted molar refractivity (Wildman–Crippen MR) is 87.7 cm³/mol. The van der Waals surface area contributed by atoms with Gasteiger partial charge in [0.25, 0.3) is 0 Å². The van der Waals surface area contributed by atoms with Crippen LogP contribution in [0, 0.1) is 0 Å². The Kier molecular flexibility index (Phi) is 5.80. The molecule has 4 nitrogen and oxygen atoms in total. The molecule has 0 aliphatic rings. The number of aliphatic hydroxyl groups excluding tert-OH is 1. The van der Waals surface area contributed by atoms with Crippen molar-refractivity contribution in [3.05, 3.63) is 49.1 Å². The molecule has 0 aliphatic heterocycles. The molecule has 1 aromatic heterocycles. The standard InChI is InChI=1S/C13H13Br3N2O2/c1-20-5-4-18-12(11(16)7-17-18)13(19)9-3-2-8(14)6-10(9)15/h2-3,6-7,13,19H,4-5H2,1H3. The lowest BCUT2D eigenvalue weighted by Crippen LogP contribution is -2.14. The average molecular weight is 469 g/mol. The van der Waals surface area contributed by atoms with Crippen LogP contribution in [0.5, 0.6) is 0 Å². The number of aliphatic hydroxyl groups is 1. The molecule has 20 heavy (non-hydrogen) atoms. The first-order chi connectivity index (χ1) is 9.54. The maximum atomic E-state index is 10.6. The number of hydrogen-bond donors (Lipinski definition) is 1. The second-order valence-electron chi connectivity index (χ2n) is 4.16. The molecular formula is C13H13Br3N2O2. The molecule has 0 saturated carbocycles. The number of hydrogen-bond acceptors (Lipinski definition) is 3. The monoisotopic (exact) mass is 466 g/mol. The summed E-state index contributed by atoms with van der Waals surface area (Å²) in [5.74, 6) is 0. The summed E-state index contributed by atoms with van der Waals surface area (Å²) in [6.45, 7) is 1.12. The van der Waals surface area contributed by atoms with Gasteiger partial charge in [-0.2, -0.15) is 5.10 Å². The molecule has 2 aromatic rings. The average Bonchev–Trinajstić information content (AvgIpc) is 2.77. The van der Waals surface area contributed by atoms with Crippen LogP contribution < -0.4 is 0 Å². The Bertz CT molecular complexity index is 601. The van der Waals surface area contributed by atoms with Crippen molar-refractivity contribution in [2.75, 3.05) is 13.7 Å². The van der Waals surface area contributed by atoms with Crippen LogP contribution >= 0.6 is 47.8 Å². The zero-order valence-corrected chi connectivity index (χ0v) is 15.4. The first kappa shape index (κ1) is 16.2. The van der Waals surface area contributed by atoms with E-state index in [0.29, 0.717) is 18.8 Å². The number of benzene rings is 1. The van der Waals surface area contributed by atoms with Gasteiger partial charge in [0.15, 0.2) is 0 Å². The van der Waals surface area contributed by atoms with Gasteiger partial charge in [0.1, 0.15) is 6.10 Å². The van der Waals surface area contributed by atoms with E-state index in [1.165, 1.54) is 0 Å². The van der Waals surface area contributed by atoms with E-state index in [1.807, 2.05) is 18.2 Å². The van der Waals surface area contributed by atoms with E-state index < -0.39 is 6.10 Å². The van der Waals surface area contributed by atoms with E-state index in [0.717, 1.165) is 19.0 Å². The molecule has 2 rings (SSSR count). The summed E-state index contributed by atoms with van der Waals surface area (Å²) in [5, 5.41) is 14.9. The number of rotatable bonds is 5. The number of halogens is 3. The number of methoxy groups -OCH3 is 1. The molecule has 1 unspecified atom stereocenters. The molecule has 0 spiro atoms. The van der Waals surface area contributed by atoms with Crippen molar-refractivity contribution in [1.29, 1.82) is 0 Å². The number of aromatic nitrogens is 2. The van der Waals surface area contributed by atoms with Crippen molar-refractivity contribution in [2.24, 2.45) is 0 Å². The maximum Gasteiger partial charge on any atom is 0.123 e. The van der Waals surface area contributed by atoms with Crippen molar-refractivity contribution < 1.29 is 9.84 Å². The van der Waals surface area contributed by atoms with E-state index in [9.17, 15) is 5.11 Å². The molecule has 1 atom stereocenters. The fraction of sp³-hybridized carbons (Fsp3) is 0.308. The number of nitrogens with zero attached hydrogens (tertiary/aromatic N) is 2. The Morgan fingerprint density at radius 3 is 2.70 bits per heavy atom. The summed E-state index contributed by atoms with van der Waals surface area (Å²) in [5.41, 5.74) is 1.50. The highest BCUT2D eigenvalue weighted by Gasteiger charge is 2.21. The minimum Gasteiger partial charge on any atom is -0.383 e. The van der Waals surface area contributed by atoms with Crippen molar-refractivity contribution in [1.82, 2.24) is 9.78 Å². The summed E-state index contributed by atoms with van der Waals surface area (Å²) in [7, 11) is 1.64. The summed E-state index contributed by atoms with van der Waals surface area (Å²) in [6.07, 6.45) is 0.909. The molecule has 0 radical (unpaired) electrons. The molecule has 0 fully saturated rings. The molecule has 108 valence electrons. The van der Waals surface area contributed by atoms with Crippen LogP contribution in [0.15, 0.2) is 37.8 Å². The van der Waals surface area contributed by atoms with Gasteiger partial charge in [-0.1, -0.05) is 37.9 Å². The van der Waals surface area contributed by atoms with E-state index >= 15 is 0 Å². The van der Waals surface area contributed by atoms with Crippen molar-refractivity contribution in [3.8, 4) is 0 Å². The van der Waals surface area contributed by atoms with Crippen LogP contribution in [0.1, 0.15) is 17.4 Å². The summed E-state index contributed by atoms with van der Waals surface area (Å²) >= 11 is 10.3. The maximum absolute atomic E-state index is 10.6. The predicted octanol–water partition coefficient (Wildman–Crippen LogP) is 3.90. The minimum atomic E-state index is -0.772. The van der Waals surface area contributed by atoms with Crippen LogP contribution in [-0.2, 0) is 11.3 Å². The van der Waals surface area contributed by atoms with E-state index in [2.05, 4.69) is 52.9 Å². The quantitative estimate of drug-likeness (QED) is 0.724. The fourth-order valence-corrected chi connectivity index (χ4v) is 3.65. The largest absolute Gasteiger partial charge is 0.383 e. The highest BCUT2D eigenvalue weighted by Crippen LogP contribution is 2.33. The Labute approximate surface area is 142 Å². The fourth-order valence-electron chi connectivity index (χ4n) is 1.87. The van der Waals surface area contributed by atoms with Crippen LogP contribution in [-0.4, -0.2) is 28.6 Å². The highest BCUT2D eigenvalue weighted by atomic mass is 79.9. The van der Waals surface area contributed by atoms with Gasteiger partial charge in [-0.15, -0.1) is 0 Å². The van der Waals surface area contributed by atoms with Gasteiger partial charge >= 0.3 is 0 Å². The van der Waals surface area contributed by atoms with Crippen LogP contribution in [0.4, 0.5) is 0 Å². The molecule has 0 bridgehead atoms. The Morgan fingerprint density at radius 2 is 2.05 bits per heavy atom. The molecule has 0 amide bonds. The summed E-state index contributed by atoms with van der Waals surface area (Å²) < 4.78 is 9.37. The SMILES string of the molecule is COCCn1ncc(Br)c1C(O)c1ccc(Br)cc1Br. The third-order valence-electron chi connectivity index (χ3n) is 2.86. The van der Waals surface area contributed by atoms with Gasteiger partial charge in [-0.3, -0.25) is 4.68 Å². The molecule has 1 heterocycles. The van der Waals surface area contributed by atoms with Gasteiger partial charge in [0.05, 0.1) is 29.5 Å². The summed E-state index contributed by atoms with van der Waals surface area (Å²) in [6, 6.07) is 5.67. The van der Waals surface area contributed by atoms with Gasteiger partial charge in [0, 0.05) is 21.6 Å². The topological polar surface area (TPSA) is 47.3 Å². The third kappa shape index (κ3) is 3.51. The minimum absolute atomic E-state index is 0.537. The first-order valence-corrected chi connectivity index (χ1v) is 8.25. The molecule has 1 aromatic carbocycles. The van der Waals surface area contributed by atoms with E-state index in [1.54, 1.807) is 18.0 Å². The number of ether oxygens (including phenoxy) is 1. The smallest absolute Gasteiger partial charge is 0.123 e. The van der Waals surface area contributed by atoms with Crippen LogP contribution in [0.2, 0.25) is 0 Å². The zero-order valence-electron chi connectivity index (χ0n) is 10.7. The molecular weight excluding hydrogens is 456 g/mol. The second-order valence-corrected chi connectivity index (χ2v) is 6.79. The second kappa shape index (κ2) is 7.17. The van der Waals surface area contributed by atoms with E-state index in [4.69, 9.17) is 4.74 Å². The molecule has 7 heteroatoms. The normalized spacial score (nSPS) is 12.7. The molecule has 1 N–H and O–H groups in total. The van der Waals surface area contributed by atoms with Gasteiger partial charge in [0.2, 0.25) is 0 Å². The summed E-state index contributed by atoms with van der Waals surface area (Å²) in [4.78, 5) is 0. The van der Waals surface area contributed by atoms with Gasteiger partial charge in [-0.05, 0) is 28.1 Å². The van der Waals surface area contributed by atoms with Crippen LogP contribution in [0.3, 0.4) is 0 Å². The lowest BCUT2D eigenvalue weighted by atomic mass is 10.1. The lowest BCUT2D eigenvalue weighted by Gasteiger charge is -2.16. The Hall–Kier alpha value is -0.210. The Morgan fingerprint density at radius 1 is 1.30 bits per heavy atom.